The van der Waals surface area contributed by atoms with Crippen LogP contribution in [-0.2, 0) is 42.4 Å². The lowest BCUT2D eigenvalue weighted by Gasteiger charge is -2.31. The molecule has 0 saturated carbocycles. The van der Waals surface area contributed by atoms with E-state index in [4.69, 9.17) is 42.4 Å². The van der Waals surface area contributed by atoms with Gasteiger partial charge in [0.2, 0.25) is 0 Å². The third kappa shape index (κ3) is 11.0. The zero-order chi connectivity index (χ0) is 21.7. The van der Waals surface area contributed by atoms with Gasteiger partial charge in [-0.3, -0.25) is 0 Å². The molecule has 2 saturated heterocycles. The van der Waals surface area contributed by atoms with E-state index in [1.807, 2.05) is 27.9 Å². The van der Waals surface area contributed by atoms with E-state index < -0.39 is 5.79 Å². The molecule has 0 spiro atoms. The van der Waals surface area contributed by atoms with E-state index in [1.165, 1.54) is 0 Å². The normalized spacial score (nSPS) is 25.7. The molecule has 0 N–H and O–H groups in total. The minimum atomic E-state index is -0.553. The highest BCUT2D eigenvalue weighted by Crippen LogP contribution is 2.35. The lowest BCUT2D eigenvalue weighted by atomic mass is 10.0. The standard InChI is InChI=1S/C19H37NO9S/c1-19(2)27-16-5-6-25-17(18(16)28-19)15-24-12-11-22-8-7-21-9-10-23-13-14-26-29-30-20(3)4/h16-18H,5-15H2,1-4H3. The highest BCUT2D eigenvalue weighted by atomic mass is 32.2. The minimum absolute atomic E-state index is 0.0682. The number of rotatable bonds is 17. The summed E-state index contributed by atoms with van der Waals surface area (Å²) in [5, 5.41) is 0. The average Bonchev–Trinajstić information content (AvgIpc) is 3.02. The van der Waals surface area contributed by atoms with E-state index in [0.717, 1.165) is 18.6 Å². The Morgan fingerprint density at radius 3 is 2.10 bits per heavy atom. The Morgan fingerprint density at radius 1 is 0.867 bits per heavy atom. The molecule has 0 aromatic rings. The van der Waals surface area contributed by atoms with Gasteiger partial charge in [-0.1, -0.05) is 0 Å². The van der Waals surface area contributed by atoms with Crippen molar-refractivity contribution in [3.05, 3.63) is 0 Å². The van der Waals surface area contributed by atoms with Crippen LogP contribution in [0.25, 0.3) is 0 Å². The average molecular weight is 456 g/mol. The molecular formula is C19H37NO9S. The SMILES string of the molecule is CN(C)SOOCCOCCOCCOCCOCC1OCCC2OC(C)(C)OC12. The van der Waals surface area contributed by atoms with Crippen molar-refractivity contribution in [3.63, 3.8) is 0 Å². The largest absolute Gasteiger partial charge is 0.377 e. The summed E-state index contributed by atoms with van der Waals surface area (Å²) in [6.45, 7) is 8.86. The van der Waals surface area contributed by atoms with Crippen LogP contribution >= 0.6 is 12.2 Å². The fourth-order valence-corrected chi connectivity index (χ4v) is 3.28. The molecule has 2 aliphatic heterocycles. The molecule has 3 unspecified atom stereocenters. The second kappa shape index (κ2) is 14.9. The van der Waals surface area contributed by atoms with E-state index in [9.17, 15) is 0 Å². The van der Waals surface area contributed by atoms with E-state index in [1.54, 1.807) is 4.31 Å². The van der Waals surface area contributed by atoms with Crippen LogP contribution in [0.4, 0.5) is 0 Å². The van der Waals surface area contributed by atoms with Crippen molar-refractivity contribution in [2.45, 2.75) is 44.4 Å². The molecule has 178 valence electrons. The molecule has 30 heavy (non-hydrogen) atoms. The van der Waals surface area contributed by atoms with Crippen molar-refractivity contribution < 1.29 is 42.4 Å². The first-order valence-corrected chi connectivity index (χ1v) is 11.1. The Kier molecular flexibility index (Phi) is 13.0. The number of ether oxygens (including phenoxy) is 7. The summed E-state index contributed by atoms with van der Waals surface area (Å²) >= 11 is 1.12. The second-order valence-electron chi connectivity index (χ2n) is 7.53. The first kappa shape index (κ1) is 26.2. The molecular weight excluding hydrogens is 418 g/mol. The van der Waals surface area contributed by atoms with E-state index in [0.29, 0.717) is 66.1 Å². The smallest absolute Gasteiger partial charge is 0.163 e. The highest BCUT2D eigenvalue weighted by Gasteiger charge is 2.47. The molecule has 2 fully saturated rings. The van der Waals surface area contributed by atoms with Crippen LogP contribution in [0.3, 0.4) is 0 Å². The van der Waals surface area contributed by atoms with Gasteiger partial charge in [0.25, 0.3) is 0 Å². The van der Waals surface area contributed by atoms with Crippen LogP contribution in [0.5, 0.6) is 0 Å². The van der Waals surface area contributed by atoms with Crippen molar-refractivity contribution in [3.8, 4) is 0 Å². The third-order valence-corrected chi connectivity index (χ3v) is 4.71. The first-order valence-electron chi connectivity index (χ1n) is 10.4. The van der Waals surface area contributed by atoms with Crippen molar-refractivity contribution in [2.75, 3.05) is 80.2 Å². The van der Waals surface area contributed by atoms with Crippen molar-refractivity contribution in [1.29, 1.82) is 0 Å². The number of hydrogen-bond acceptors (Lipinski definition) is 11. The molecule has 0 aromatic heterocycles. The quantitative estimate of drug-likeness (QED) is 0.105. The number of fused-ring (bicyclic) bond motifs is 1. The minimum Gasteiger partial charge on any atom is -0.377 e. The van der Waals surface area contributed by atoms with E-state index >= 15 is 0 Å². The predicted molar refractivity (Wildman–Crippen MR) is 110 cm³/mol. The number of nitrogens with zero attached hydrogens (tertiary/aromatic N) is 1. The number of hydrogen-bond donors (Lipinski definition) is 0. The van der Waals surface area contributed by atoms with Crippen molar-refractivity contribution >= 4 is 12.2 Å². The topological polar surface area (TPSA) is 86.3 Å². The van der Waals surface area contributed by atoms with Crippen LogP contribution in [0.1, 0.15) is 20.3 Å². The Bertz CT molecular complexity index is 444. The summed E-state index contributed by atoms with van der Waals surface area (Å²) in [7, 11) is 3.72. The van der Waals surface area contributed by atoms with Crippen molar-refractivity contribution in [2.24, 2.45) is 0 Å². The Morgan fingerprint density at radius 2 is 1.47 bits per heavy atom. The van der Waals surface area contributed by atoms with E-state index in [-0.39, 0.29) is 18.3 Å². The second-order valence-corrected chi connectivity index (χ2v) is 8.54. The van der Waals surface area contributed by atoms with Gasteiger partial charge in [-0.25, -0.2) is 9.19 Å². The summed E-state index contributed by atoms with van der Waals surface area (Å²) in [6.07, 6.45) is 0.776. The van der Waals surface area contributed by atoms with Crippen molar-refractivity contribution in [1.82, 2.24) is 4.31 Å². The molecule has 0 bridgehead atoms. The maximum absolute atomic E-state index is 5.95. The van der Waals surface area contributed by atoms with E-state index in [2.05, 4.69) is 0 Å². The molecule has 11 heteroatoms. The van der Waals surface area contributed by atoms with Gasteiger partial charge >= 0.3 is 0 Å². The summed E-state index contributed by atoms with van der Waals surface area (Å²) in [5.41, 5.74) is 0. The van der Waals surface area contributed by atoms with Crippen LogP contribution in [0.15, 0.2) is 0 Å². The monoisotopic (exact) mass is 455 g/mol. The van der Waals surface area contributed by atoms with Crippen LogP contribution in [0, 0.1) is 0 Å². The Balaban J connectivity index is 1.32. The molecule has 2 aliphatic rings. The maximum Gasteiger partial charge on any atom is 0.163 e. The maximum atomic E-state index is 5.95. The summed E-state index contributed by atoms with van der Waals surface area (Å²) in [5.74, 6) is -0.553. The molecule has 0 amide bonds. The molecule has 0 aliphatic carbocycles. The first-order chi connectivity index (χ1) is 14.5. The molecule has 0 radical (unpaired) electrons. The predicted octanol–water partition coefficient (Wildman–Crippen LogP) is 1.43. The van der Waals surface area contributed by atoms with Gasteiger partial charge in [0.15, 0.2) is 5.79 Å². The fraction of sp³-hybridized carbons (Fsp3) is 1.00. The van der Waals surface area contributed by atoms with Gasteiger partial charge < -0.3 is 33.2 Å². The summed E-state index contributed by atoms with van der Waals surface area (Å²) in [4.78, 5) is 4.91. The Labute approximate surface area is 183 Å². The summed E-state index contributed by atoms with van der Waals surface area (Å²) in [6, 6.07) is 0. The molecule has 3 atom stereocenters. The third-order valence-electron chi connectivity index (χ3n) is 4.26. The van der Waals surface area contributed by atoms with Gasteiger partial charge in [0.05, 0.1) is 59.0 Å². The van der Waals surface area contributed by atoms with Gasteiger partial charge in [-0.05, 0) is 34.4 Å². The molecule has 0 aromatic carbocycles. The van der Waals surface area contributed by atoms with Gasteiger partial charge in [-0.15, -0.1) is 4.33 Å². The highest BCUT2D eigenvalue weighted by molar-refractivity contribution is 7.92. The lowest BCUT2D eigenvalue weighted by molar-refractivity contribution is -0.203. The van der Waals surface area contributed by atoms with Crippen LogP contribution < -0.4 is 0 Å². The zero-order valence-corrected chi connectivity index (χ0v) is 19.4. The van der Waals surface area contributed by atoms with Crippen LogP contribution in [-0.4, -0.2) is 109 Å². The lowest BCUT2D eigenvalue weighted by Crippen LogP contribution is -2.45. The van der Waals surface area contributed by atoms with Crippen LogP contribution in [0.2, 0.25) is 0 Å². The Hall–Kier alpha value is -0.0500. The van der Waals surface area contributed by atoms with Gasteiger partial charge in [-0.2, -0.15) is 0 Å². The fourth-order valence-electron chi connectivity index (χ4n) is 3.04. The summed E-state index contributed by atoms with van der Waals surface area (Å²) < 4.78 is 46.3. The molecule has 10 nitrogen and oxygen atoms in total. The zero-order valence-electron chi connectivity index (χ0n) is 18.5. The van der Waals surface area contributed by atoms with Gasteiger partial charge in [0, 0.05) is 6.61 Å². The van der Waals surface area contributed by atoms with Gasteiger partial charge in [0.1, 0.15) is 31.0 Å². The molecule has 2 heterocycles. The molecule has 2 rings (SSSR count).